The van der Waals surface area contributed by atoms with Gasteiger partial charge in [-0.25, -0.2) is 4.68 Å². The van der Waals surface area contributed by atoms with Crippen molar-refractivity contribution < 1.29 is 13.9 Å². The number of rotatable bonds is 5. The van der Waals surface area contributed by atoms with Crippen molar-refractivity contribution in [3.05, 3.63) is 35.1 Å². The van der Waals surface area contributed by atoms with Crippen molar-refractivity contribution in [2.45, 2.75) is 38.3 Å². The fourth-order valence-electron chi connectivity index (χ4n) is 3.34. The lowest BCUT2D eigenvalue weighted by Crippen LogP contribution is -2.41. The summed E-state index contributed by atoms with van der Waals surface area (Å²) in [4.78, 5) is 25.3. The molecule has 1 fully saturated rings. The second-order valence-corrected chi connectivity index (χ2v) is 6.25. The molecule has 0 bridgehead atoms. The van der Waals surface area contributed by atoms with E-state index in [0.29, 0.717) is 24.1 Å². The maximum atomic E-state index is 12.8. The zero-order chi connectivity index (χ0) is 17.4. The Bertz CT molecular complexity index is 964. The maximum absolute atomic E-state index is 12.8. The van der Waals surface area contributed by atoms with Gasteiger partial charge < -0.3 is 14.5 Å². The normalized spacial score (nSPS) is 18.8. The molecule has 25 heavy (non-hydrogen) atoms. The first-order chi connectivity index (χ1) is 12.2. The van der Waals surface area contributed by atoms with Gasteiger partial charge in [0.15, 0.2) is 5.58 Å². The van der Waals surface area contributed by atoms with E-state index >= 15 is 0 Å². The van der Waals surface area contributed by atoms with Crippen LogP contribution in [0.1, 0.15) is 32.2 Å². The van der Waals surface area contributed by atoms with Crippen molar-refractivity contribution in [3.8, 4) is 0 Å². The summed E-state index contributed by atoms with van der Waals surface area (Å²) in [7, 11) is 0. The zero-order valence-electron chi connectivity index (χ0n) is 14.0. The molecule has 0 aliphatic carbocycles. The molecule has 1 saturated heterocycles. The highest BCUT2D eigenvalue weighted by Crippen LogP contribution is 2.19. The summed E-state index contributed by atoms with van der Waals surface area (Å²) < 4.78 is 13.8. The number of carbonyl (C=O) groups excluding carboxylic acids is 1. The Kier molecular flexibility index (Phi) is 4.04. The maximum Gasteiger partial charge on any atom is 0.291 e. The largest absolute Gasteiger partial charge is 0.463 e. The number of nitrogens with zero attached hydrogens (tertiary/aromatic N) is 3. The van der Waals surface area contributed by atoms with Gasteiger partial charge in [-0.3, -0.25) is 14.0 Å². The summed E-state index contributed by atoms with van der Waals surface area (Å²) in [5, 5.41) is 7.10. The van der Waals surface area contributed by atoms with Gasteiger partial charge in [-0.05, 0) is 19.3 Å². The fourth-order valence-corrected chi connectivity index (χ4v) is 3.34. The van der Waals surface area contributed by atoms with Gasteiger partial charge in [0, 0.05) is 25.3 Å². The molecule has 2 atom stereocenters. The lowest BCUT2D eigenvalue weighted by molar-refractivity contribution is -0.125. The molecule has 2 unspecified atom stereocenters. The predicted octanol–water partition coefficient (Wildman–Crippen LogP) is 1.49. The quantitative estimate of drug-likeness (QED) is 0.757. The summed E-state index contributed by atoms with van der Waals surface area (Å²) in [6, 6.07) is 2.80. The summed E-state index contributed by atoms with van der Waals surface area (Å²) in [6.45, 7) is 3.06. The Hall–Kier alpha value is -2.61. The van der Waals surface area contributed by atoms with Crippen molar-refractivity contribution in [3.63, 3.8) is 0 Å². The third-order valence-electron chi connectivity index (χ3n) is 4.69. The molecule has 0 spiro atoms. The van der Waals surface area contributed by atoms with Crippen LogP contribution in [-0.4, -0.2) is 39.3 Å². The highest BCUT2D eigenvalue weighted by Gasteiger charge is 2.24. The van der Waals surface area contributed by atoms with E-state index in [0.717, 1.165) is 25.0 Å². The lowest BCUT2D eigenvalue weighted by atomic mass is 10.2. The third-order valence-corrected chi connectivity index (χ3v) is 4.69. The molecule has 0 saturated carbocycles. The fraction of sp³-hybridized carbons (Fsp3) is 0.471. The molecule has 1 aliphatic heterocycles. The lowest BCUT2D eigenvalue weighted by Gasteiger charge is -2.18. The van der Waals surface area contributed by atoms with E-state index in [4.69, 9.17) is 9.15 Å². The van der Waals surface area contributed by atoms with Crippen LogP contribution in [0.5, 0.6) is 0 Å². The highest BCUT2D eigenvalue weighted by atomic mass is 16.5. The van der Waals surface area contributed by atoms with E-state index in [2.05, 4.69) is 10.4 Å². The number of nitrogens with one attached hydrogen (secondary N) is 1. The number of hydrogen-bond acceptors (Lipinski definition) is 5. The standard InChI is InChI=1S/C17H20N4O4/c1-2-12(16(22)18-9-11-4-3-6-24-11)21-17(23)14-8-15-13(5-7-25-15)20(14)10-19-21/h5,7-8,10-12H,2-4,6,9H2,1H3,(H,18,22). The number of fused-ring (bicyclic) bond motifs is 3. The molecule has 0 radical (unpaired) electrons. The minimum atomic E-state index is -0.653. The smallest absolute Gasteiger partial charge is 0.291 e. The van der Waals surface area contributed by atoms with Crippen LogP contribution < -0.4 is 10.9 Å². The van der Waals surface area contributed by atoms with Crippen molar-refractivity contribution in [2.24, 2.45) is 0 Å². The minimum Gasteiger partial charge on any atom is -0.463 e. The number of ether oxygens (including phenoxy) is 1. The van der Waals surface area contributed by atoms with Crippen LogP contribution in [0.3, 0.4) is 0 Å². The van der Waals surface area contributed by atoms with Gasteiger partial charge in [-0.1, -0.05) is 6.92 Å². The van der Waals surface area contributed by atoms with Gasteiger partial charge in [0.05, 0.1) is 17.9 Å². The number of hydrogen-bond donors (Lipinski definition) is 1. The van der Waals surface area contributed by atoms with E-state index in [-0.39, 0.29) is 17.6 Å². The third kappa shape index (κ3) is 2.72. The summed E-state index contributed by atoms with van der Waals surface area (Å²) in [5.74, 6) is -0.216. The van der Waals surface area contributed by atoms with E-state index < -0.39 is 6.04 Å². The van der Waals surface area contributed by atoms with Gasteiger partial charge in [0.2, 0.25) is 5.91 Å². The topological polar surface area (TPSA) is 90.8 Å². The average molecular weight is 344 g/mol. The molecule has 1 amide bonds. The minimum absolute atomic E-state index is 0.0613. The van der Waals surface area contributed by atoms with Gasteiger partial charge in [0.1, 0.15) is 17.9 Å². The summed E-state index contributed by atoms with van der Waals surface area (Å²) in [6.07, 6.45) is 5.61. The predicted molar refractivity (Wildman–Crippen MR) is 90.5 cm³/mol. The molecule has 3 aromatic heterocycles. The summed E-state index contributed by atoms with van der Waals surface area (Å²) >= 11 is 0. The molecule has 132 valence electrons. The first-order valence-corrected chi connectivity index (χ1v) is 8.54. The Balaban J connectivity index is 1.62. The van der Waals surface area contributed by atoms with Crippen molar-refractivity contribution in [1.29, 1.82) is 0 Å². The van der Waals surface area contributed by atoms with Crippen LogP contribution in [-0.2, 0) is 9.53 Å². The van der Waals surface area contributed by atoms with Crippen LogP contribution in [0.25, 0.3) is 16.6 Å². The molecule has 0 aromatic carbocycles. The molecule has 8 heteroatoms. The van der Waals surface area contributed by atoms with Crippen molar-refractivity contribution >= 4 is 22.5 Å². The first-order valence-electron chi connectivity index (χ1n) is 8.54. The zero-order valence-corrected chi connectivity index (χ0v) is 14.0. The second-order valence-electron chi connectivity index (χ2n) is 6.25. The van der Waals surface area contributed by atoms with Crippen LogP contribution in [0.4, 0.5) is 0 Å². The van der Waals surface area contributed by atoms with Crippen molar-refractivity contribution in [2.75, 3.05) is 13.2 Å². The van der Waals surface area contributed by atoms with Crippen LogP contribution >= 0.6 is 0 Å². The van der Waals surface area contributed by atoms with Gasteiger partial charge in [0.25, 0.3) is 5.56 Å². The van der Waals surface area contributed by atoms with E-state index in [9.17, 15) is 9.59 Å². The van der Waals surface area contributed by atoms with E-state index in [1.54, 1.807) is 29.1 Å². The number of furan rings is 1. The van der Waals surface area contributed by atoms with Crippen molar-refractivity contribution in [1.82, 2.24) is 19.5 Å². The van der Waals surface area contributed by atoms with Crippen LogP contribution in [0, 0.1) is 0 Å². The first kappa shape index (κ1) is 15.9. The number of amides is 1. The average Bonchev–Trinajstić information content (AvgIpc) is 3.33. The molecule has 8 nitrogen and oxygen atoms in total. The summed E-state index contributed by atoms with van der Waals surface area (Å²) in [5.41, 5.74) is 1.53. The molecule has 1 aliphatic rings. The van der Waals surface area contributed by atoms with Gasteiger partial charge in [-0.15, -0.1) is 0 Å². The molecule has 1 N–H and O–H groups in total. The van der Waals surface area contributed by atoms with Gasteiger partial charge in [-0.2, -0.15) is 5.10 Å². The molecular formula is C17H20N4O4. The Morgan fingerprint density at radius 3 is 3.12 bits per heavy atom. The number of aromatic nitrogens is 3. The Morgan fingerprint density at radius 1 is 1.48 bits per heavy atom. The van der Waals surface area contributed by atoms with Gasteiger partial charge >= 0.3 is 0 Å². The molecule has 3 aromatic rings. The Labute approximate surface area is 143 Å². The van der Waals surface area contributed by atoms with E-state index in [1.165, 1.54) is 4.68 Å². The highest BCUT2D eigenvalue weighted by molar-refractivity contribution is 5.82. The SMILES string of the molecule is CCC(C(=O)NCC1CCCO1)n1ncn2c(cc3occc32)c1=O. The van der Waals surface area contributed by atoms with Crippen LogP contribution in [0.2, 0.25) is 0 Å². The van der Waals surface area contributed by atoms with E-state index in [1.807, 2.05) is 6.92 Å². The molecule has 4 rings (SSSR count). The molecule has 4 heterocycles. The monoisotopic (exact) mass is 344 g/mol. The second kappa shape index (κ2) is 6.36. The number of carbonyl (C=O) groups is 1. The Morgan fingerprint density at radius 2 is 2.36 bits per heavy atom. The van der Waals surface area contributed by atoms with Crippen LogP contribution in [0.15, 0.2) is 33.9 Å². The molecular weight excluding hydrogens is 324 g/mol.